The molecule has 1 aromatic carbocycles. The van der Waals surface area contributed by atoms with Gasteiger partial charge in [-0.3, -0.25) is 4.79 Å². The summed E-state index contributed by atoms with van der Waals surface area (Å²) in [6.07, 6.45) is 1.37. The molecule has 5 heteroatoms. The van der Waals surface area contributed by atoms with Crippen LogP contribution in [0.4, 0.5) is 5.69 Å². The molecule has 4 nitrogen and oxygen atoms in total. The van der Waals surface area contributed by atoms with Gasteiger partial charge in [0.1, 0.15) is 0 Å². The normalized spacial score (nSPS) is 10.2. The number of benzene rings is 1. The summed E-state index contributed by atoms with van der Waals surface area (Å²) in [5.74, 6) is -0.272. The molecule has 0 saturated heterocycles. The van der Waals surface area contributed by atoms with Crippen molar-refractivity contribution in [3.8, 4) is 0 Å². The van der Waals surface area contributed by atoms with Crippen LogP contribution in [-0.2, 0) is 6.54 Å². The molecule has 0 radical (unpaired) electrons. The van der Waals surface area contributed by atoms with Crippen LogP contribution >= 0.6 is 11.6 Å². The van der Waals surface area contributed by atoms with Gasteiger partial charge in [-0.2, -0.15) is 0 Å². The number of amides is 1. The number of hydrogen-bond donors (Lipinski definition) is 2. The van der Waals surface area contributed by atoms with Crippen molar-refractivity contribution in [1.29, 1.82) is 0 Å². The van der Waals surface area contributed by atoms with Crippen LogP contribution in [0.2, 0.25) is 5.22 Å². The summed E-state index contributed by atoms with van der Waals surface area (Å²) in [6.45, 7) is 0.394. The molecule has 0 aliphatic rings. The minimum atomic E-state index is -0.272. The predicted molar refractivity (Wildman–Crippen MR) is 65.7 cm³/mol. The van der Waals surface area contributed by atoms with Crippen molar-refractivity contribution in [3.63, 3.8) is 0 Å². The molecular weight excluding hydrogens is 240 g/mol. The molecular formula is C12H11ClN2O2. The fraction of sp³-hybridized carbons (Fsp3) is 0.0833. The quantitative estimate of drug-likeness (QED) is 0.822. The number of furan rings is 1. The SMILES string of the molecule is Nc1cccc(CNC(=O)c2ccoc2Cl)c1. The van der Waals surface area contributed by atoms with E-state index in [4.69, 9.17) is 21.8 Å². The maximum Gasteiger partial charge on any atom is 0.256 e. The third-order valence-electron chi connectivity index (χ3n) is 2.27. The minimum absolute atomic E-state index is 0.0927. The maximum atomic E-state index is 11.7. The summed E-state index contributed by atoms with van der Waals surface area (Å²) in [7, 11) is 0. The molecule has 0 bridgehead atoms. The molecule has 88 valence electrons. The molecule has 0 unspecified atom stereocenters. The second-order valence-electron chi connectivity index (χ2n) is 3.54. The van der Waals surface area contributed by atoms with Gasteiger partial charge in [-0.25, -0.2) is 0 Å². The fourth-order valence-corrected chi connectivity index (χ4v) is 1.64. The Hall–Kier alpha value is -1.94. The molecule has 0 aliphatic heterocycles. The Balaban J connectivity index is 1.99. The first-order valence-corrected chi connectivity index (χ1v) is 5.40. The third-order valence-corrected chi connectivity index (χ3v) is 2.56. The molecule has 3 N–H and O–H groups in total. The zero-order chi connectivity index (χ0) is 12.3. The van der Waals surface area contributed by atoms with Crippen LogP contribution < -0.4 is 11.1 Å². The van der Waals surface area contributed by atoms with Gasteiger partial charge in [0.2, 0.25) is 5.22 Å². The smallest absolute Gasteiger partial charge is 0.256 e. The Kier molecular flexibility index (Phi) is 3.35. The number of carbonyl (C=O) groups excluding carboxylic acids is 1. The van der Waals surface area contributed by atoms with Gasteiger partial charge < -0.3 is 15.5 Å². The highest BCUT2D eigenvalue weighted by Gasteiger charge is 2.12. The summed E-state index contributed by atoms with van der Waals surface area (Å²) in [5, 5.41) is 2.82. The van der Waals surface area contributed by atoms with Crippen LogP contribution in [0, 0.1) is 0 Å². The molecule has 1 heterocycles. The Morgan fingerprint density at radius 2 is 2.24 bits per heavy atom. The Morgan fingerprint density at radius 1 is 1.41 bits per heavy atom. The van der Waals surface area contributed by atoms with Crippen molar-refractivity contribution in [1.82, 2.24) is 5.32 Å². The average Bonchev–Trinajstić information content (AvgIpc) is 2.72. The molecule has 17 heavy (non-hydrogen) atoms. The van der Waals surface area contributed by atoms with Gasteiger partial charge in [0.25, 0.3) is 5.91 Å². The van der Waals surface area contributed by atoms with Crippen molar-refractivity contribution in [2.75, 3.05) is 5.73 Å². The fourth-order valence-electron chi connectivity index (χ4n) is 1.44. The molecule has 0 spiro atoms. The van der Waals surface area contributed by atoms with E-state index in [9.17, 15) is 4.79 Å². The summed E-state index contributed by atoms with van der Waals surface area (Å²) in [6, 6.07) is 8.84. The summed E-state index contributed by atoms with van der Waals surface area (Å²) in [4.78, 5) is 11.7. The highest BCUT2D eigenvalue weighted by atomic mass is 35.5. The average molecular weight is 251 g/mol. The Bertz CT molecular complexity index is 537. The lowest BCUT2D eigenvalue weighted by molar-refractivity contribution is 0.0950. The van der Waals surface area contributed by atoms with E-state index in [2.05, 4.69) is 5.32 Å². The highest BCUT2D eigenvalue weighted by Crippen LogP contribution is 2.16. The van der Waals surface area contributed by atoms with E-state index in [1.807, 2.05) is 12.1 Å². The number of hydrogen-bond acceptors (Lipinski definition) is 3. The number of rotatable bonds is 3. The first-order chi connectivity index (χ1) is 8.16. The van der Waals surface area contributed by atoms with E-state index >= 15 is 0 Å². The lowest BCUT2D eigenvalue weighted by Gasteiger charge is -2.04. The summed E-state index contributed by atoms with van der Waals surface area (Å²) >= 11 is 5.69. The van der Waals surface area contributed by atoms with Crippen molar-refractivity contribution in [2.24, 2.45) is 0 Å². The number of anilines is 1. The summed E-state index contributed by atoms with van der Waals surface area (Å²) < 4.78 is 4.84. The van der Waals surface area contributed by atoms with Crippen LogP contribution in [0.1, 0.15) is 15.9 Å². The van der Waals surface area contributed by atoms with Crippen LogP contribution in [0.25, 0.3) is 0 Å². The minimum Gasteiger partial charge on any atom is -0.452 e. The van der Waals surface area contributed by atoms with Crippen LogP contribution in [0.5, 0.6) is 0 Å². The molecule has 1 aromatic heterocycles. The Morgan fingerprint density at radius 3 is 2.88 bits per heavy atom. The second-order valence-corrected chi connectivity index (χ2v) is 3.88. The lowest BCUT2D eigenvalue weighted by Crippen LogP contribution is -2.22. The van der Waals surface area contributed by atoms with Gasteiger partial charge in [-0.1, -0.05) is 12.1 Å². The van der Waals surface area contributed by atoms with Crippen molar-refractivity contribution >= 4 is 23.2 Å². The molecule has 0 aliphatic carbocycles. The van der Waals surface area contributed by atoms with Crippen LogP contribution in [0.15, 0.2) is 41.0 Å². The molecule has 1 amide bonds. The van der Waals surface area contributed by atoms with Gasteiger partial charge in [-0.05, 0) is 35.4 Å². The van der Waals surface area contributed by atoms with E-state index in [0.717, 1.165) is 5.56 Å². The van der Waals surface area contributed by atoms with Gasteiger partial charge >= 0.3 is 0 Å². The van der Waals surface area contributed by atoms with Crippen molar-refractivity contribution in [2.45, 2.75) is 6.54 Å². The molecule has 0 saturated carbocycles. The first-order valence-electron chi connectivity index (χ1n) is 5.02. The molecule has 2 aromatic rings. The molecule has 0 fully saturated rings. The molecule has 2 rings (SSSR count). The monoisotopic (exact) mass is 250 g/mol. The van der Waals surface area contributed by atoms with Crippen molar-refractivity contribution < 1.29 is 9.21 Å². The summed E-state index contributed by atoms with van der Waals surface area (Å²) in [5.41, 5.74) is 7.56. The van der Waals surface area contributed by atoms with E-state index in [0.29, 0.717) is 17.8 Å². The number of nitrogen functional groups attached to an aromatic ring is 1. The highest BCUT2D eigenvalue weighted by molar-refractivity contribution is 6.32. The number of halogens is 1. The zero-order valence-electron chi connectivity index (χ0n) is 8.94. The van der Waals surface area contributed by atoms with E-state index < -0.39 is 0 Å². The maximum absolute atomic E-state index is 11.7. The van der Waals surface area contributed by atoms with E-state index in [1.165, 1.54) is 12.3 Å². The van der Waals surface area contributed by atoms with Gasteiger partial charge in [-0.15, -0.1) is 0 Å². The van der Waals surface area contributed by atoms with Gasteiger partial charge in [0.15, 0.2) is 0 Å². The van der Waals surface area contributed by atoms with Gasteiger partial charge in [0.05, 0.1) is 11.8 Å². The topological polar surface area (TPSA) is 68.3 Å². The van der Waals surface area contributed by atoms with Gasteiger partial charge in [0, 0.05) is 12.2 Å². The largest absolute Gasteiger partial charge is 0.452 e. The van der Waals surface area contributed by atoms with Crippen LogP contribution in [-0.4, -0.2) is 5.91 Å². The second kappa shape index (κ2) is 4.93. The van der Waals surface area contributed by atoms with E-state index in [1.54, 1.807) is 12.1 Å². The number of carbonyl (C=O) groups is 1. The van der Waals surface area contributed by atoms with Crippen molar-refractivity contribution in [3.05, 3.63) is 52.9 Å². The van der Waals surface area contributed by atoms with Crippen LogP contribution in [0.3, 0.4) is 0 Å². The predicted octanol–water partition coefficient (Wildman–Crippen LogP) is 2.45. The first kappa shape index (κ1) is 11.5. The lowest BCUT2D eigenvalue weighted by atomic mass is 10.2. The zero-order valence-corrected chi connectivity index (χ0v) is 9.70. The third kappa shape index (κ3) is 2.79. The molecule has 0 atom stereocenters. The van der Waals surface area contributed by atoms with E-state index in [-0.39, 0.29) is 11.1 Å². The standard InChI is InChI=1S/C12H11ClN2O2/c13-11-10(4-5-17-11)12(16)15-7-8-2-1-3-9(14)6-8/h1-6H,7,14H2,(H,15,16). The number of nitrogens with two attached hydrogens (primary N) is 1. The Labute approximate surface area is 103 Å². The number of nitrogens with one attached hydrogen (secondary N) is 1.